The van der Waals surface area contributed by atoms with Gasteiger partial charge in [0.1, 0.15) is 5.75 Å². The Kier molecular flexibility index (Phi) is 4.11. The normalized spacial score (nSPS) is 10.7. The van der Waals surface area contributed by atoms with Gasteiger partial charge in [0.25, 0.3) is 5.56 Å². The van der Waals surface area contributed by atoms with Crippen LogP contribution in [0.4, 0.5) is 0 Å². The van der Waals surface area contributed by atoms with Crippen LogP contribution in [0.15, 0.2) is 27.5 Å². The number of methoxy groups -OCH3 is 1. The van der Waals surface area contributed by atoms with Gasteiger partial charge in [-0.2, -0.15) is 0 Å². The van der Waals surface area contributed by atoms with E-state index in [0.29, 0.717) is 18.5 Å². The lowest BCUT2D eigenvalue weighted by Crippen LogP contribution is -2.17. The molecule has 3 N–H and O–H groups in total. The molecule has 0 spiro atoms. The number of halogens is 1. The summed E-state index contributed by atoms with van der Waals surface area (Å²) in [6, 6.07) is 5.69. The minimum atomic E-state index is -0.0348. The summed E-state index contributed by atoms with van der Waals surface area (Å²) < 4.78 is 7.51. The molecule has 0 aliphatic rings. The summed E-state index contributed by atoms with van der Waals surface area (Å²) in [5.41, 5.74) is 7.98. The third kappa shape index (κ3) is 2.59. The number of nitrogens with one attached hydrogen (secondary N) is 1. The van der Waals surface area contributed by atoms with Crippen LogP contribution in [0.25, 0.3) is 11.3 Å². The van der Waals surface area contributed by atoms with Gasteiger partial charge in [-0.3, -0.25) is 14.6 Å². The monoisotopic (exact) mass is 325 g/mol. The Balaban J connectivity index is 2.55. The van der Waals surface area contributed by atoms with Gasteiger partial charge in [0.05, 0.1) is 17.3 Å². The Morgan fingerprint density at radius 3 is 2.79 bits per heavy atom. The van der Waals surface area contributed by atoms with Crippen molar-refractivity contribution >= 4 is 15.9 Å². The molecule has 6 heteroatoms. The third-order valence-electron chi connectivity index (χ3n) is 2.98. The molecule has 0 saturated carbocycles. The molecular formula is C13H16BrN3O2. The third-order valence-corrected chi connectivity index (χ3v) is 3.60. The van der Waals surface area contributed by atoms with Crippen LogP contribution >= 0.6 is 15.9 Å². The van der Waals surface area contributed by atoms with Crippen LogP contribution in [0.5, 0.6) is 5.75 Å². The van der Waals surface area contributed by atoms with Gasteiger partial charge in [0.2, 0.25) is 0 Å². The number of rotatable bonds is 4. The second-order valence-corrected chi connectivity index (χ2v) is 5.07. The van der Waals surface area contributed by atoms with E-state index in [1.165, 1.54) is 4.68 Å². The minimum absolute atomic E-state index is 0.0348. The molecule has 0 bridgehead atoms. The van der Waals surface area contributed by atoms with Crippen molar-refractivity contribution in [3.05, 3.63) is 38.6 Å². The van der Waals surface area contributed by atoms with Crippen LogP contribution in [-0.2, 0) is 13.5 Å². The topological polar surface area (TPSA) is 73.0 Å². The van der Waals surface area contributed by atoms with E-state index >= 15 is 0 Å². The van der Waals surface area contributed by atoms with Gasteiger partial charge in [-0.1, -0.05) is 0 Å². The molecule has 0 saturated heterocycles. The molecule has 1 aromatic heterocycles. The summed E-state index contributed by atoms with van der Waals surface area (Å²) in [5, 5.41) is 3.07. The summed E-state index contributed by atoms with van der Waals surface area (Å²) in [4.78, 5) is 12.0. The predicted molar refractivity (Wildman–Crippen MR) is 78.5 cm³/mol. The molecule has 1 aromatic carbocycles. The maximum Gasteiger partial charge on any atom is 0.270 e. The molecule has 0 unspecified atom stereocenters. The molecule has 2 aromatic rings. The number of hydrogen-bond donors (Lipinski definition) is 2. The molecule has 19 heavy (non-hydrogen) atoms. The highest BCUT2D eigenvalue weighted by Crippen LogP contribution is 2.30. The molecule has 2 rings (SSSR count). The smallest absolute Gasteiger partial charge is 0.270 e. The summed E-state index contributed by atoms with van der Waals surface area (Å²) in [7, 11) is 3.31. The molecule has 0 aliphatic heterocycles. The van der Waals surface area contributed by atoms with Crippen molar-refractivity contribution in [3.63, 3.8) is 0 Å². The molecule has 0 radical (unpaired) electrons. The van der Waals surface area contributed by atoms with Gasteiger partial charge in [-0.25, -0.2) is 0 Å². The summed E-state index contributed by atoms with van der Waals surface area (Å²) in [5.74, 6) is 0.752. The van der Waals surface area contributed by atoms with Gasteiger partial charge in [0, 0.05) is 18.2 Å². The van der Waals surface area contributed by atoms with Crippen LogP contribution in [-0.4, -0.2) is 23.4 Å². The second kappa shape index (κ2) is 5.63. The van der Waals surface area contributed by atoms with E-state index in [1.54, 1.807) is 14.2 Å². The molecule has 0 aliphatic carbocycles. The van der Waals surface area contributed by atoms with E-state index in [-0.39, 0.29) is 5.56 Å². The fourth-order valence-electron chi connectivity index (χ4n) is 2.03. The van der Waals surface area contributed by atoms with E-state index in [2.05, 4.69) is 21.0 Å². The maximum atomic E-state index is 12.0. The zero-order chi connectivity index (χ0) is 14.0. The Hall–Kier alpha value is -1.53. The lowest BCUT2D eigenvalue weighted by Gasteiger charge is -2.06. The zero-order valence-electron chi connectivity index (χ0n) is 10.9. The Labute approximate surface area is 119 Å². The van der Waals surface area contributed by atoms with E-state index in [1.807, 2.05) is 18.2 Å². The lowest BCUT2D eigenvalue weighted by molar-refractivity contribution is 0.412. The van der Waals surface area contributed by atoms with Crippen LogP contribution < -0.4 is 16.0 Å². The van der Waals surface area contributed by atoms with Gasteiger partial charge in [0.15, 0.2) is 0 Å². The fourth-order valence-corrected chi connectivity index (χ4v) is 2.57. The number of aryl methyl sites for hydroxylation is 1. The molecular weight excluding hydrogens is 310 g/mol. The number of aromatic nitrogens is 2. The Morgan fingerprint density at radius 1 is 1.47 bits per heavy atom. The highest BCUT2D eigenvalue weighted by molar-refractivity contribution is 9.10. The second-order valence-electron chi connectivity index (χ2n) is 4.22. The number of benzene rings is 1. The fraction of sp³-hybridized carbons (Fsp3) is 0.308. The first-order valence-corrected chi connectivity index (χ1v) is 6.69. The van der Waals surface area contributed by atoms with E-state index < -0.39 is 0 Å². The largest absolute Gasteiger partial charge is 0.496 e. The molecule has 1 heterocycles. The number of nitrogens with two attached hydrogens (primary N) is 1. The lowest BCUT2D eigenvalue weighted by atomic mass is 10.1. The number of H-pyrrole nitrogens is 1. The SMILES string of the molecule is COc1ccc(-c2[nH]n(C)c(=O)c2CCN)cc1Br. The Morgan fingerprint density at radius 2 is 2.21 bits per heavy atom. The van der Waals surface area contributed by atoms with E-state index in [9.17, 15) is 4.79 Å². The molecule has 5 nitrogen and oxygen atoms in total. The number of nitrogens with zero attached hydrogens (tertiary/aromatic N) is 1. The van der Waals surface area contributed by atoms with Gasteiger partial charge in [-0.05, 0) is 47.1 Å². The quantitative estimate of drug-likeness (QED) is 0.897. The minimum Gasteiger partial charge on any atom is -0.496 e. The van der Waals surface area contributed by atoms with Crippen molar-refractivity contribution in [2.75, 3.05) is 13.7 Å². The molecule has 0 atom stereocenters. The van der Waals surface area contributed by atoms with Gasteiger partial charge < -0.3 is 10.5 Å². The van der Waals surface area contributed by atoms with Crippen LogP contribution in [0.1, 0.15) is 5.56 Å². The molecule has 102 valence electrons. The average molecular weight is 326 g/mol. The maximum absolute atomic E-state index is 12.0. The van der Waals surface area contributed by atoms with Crippen molar-refractivity contribution in [1.29, 1.82) is 0 Å². The van der Waals surface area contributed by atoms with Crippen LogP contribution in [0, 0.1) is 0 Å². The first kappa shape index (κ1) is 13.9. The number of aromatic amines is 1. The van der Waals surface area contributed by atoms with Crippen molar-refractivity contribution in [3.8, 4) is 17.0 Å². The summed E-state index contributed by atoms with van der Waals surface area (Å²) in [6.45, 7) is 0.442. The van der Waals surface area contributed by atoms with E-state index in [4.69, 9.17) is 10.5 Å². The number of hydrogen-bond acceptors (Lipinski definition) is 3. The van der Waals surface area contributed by atoms with E-state index in [0.717, 1.165) is 21.5 Å². The predicted octanol–water partition coefficient (Wildman–Crippen LogP) is 1.65. The van der Waals surface area contributed by atoms with Gasteiger partial charge >= 0.3 is 0 Å². The number of ether oxygens (including phenoxy) is 1. The van der Waals surface area contributed by atoms with Crippen molar-refractivity contribution in [2.24, 2.45) is 12.8 Å². The van der Waals surface area contributed by atoms with Crippen molar-refractivity contribution in [1.82, 2.24) is 9.78 Å². The molecule has 0 fully saturated rings. The molecule has 0 amide bonds. The first-order chi connectivity index (χ1) is 9.08. The first-order valence-electron chi connectivity index (χ1n) is 5.90. The summed E-state index contributed by atoms with van der Waals surface area (Å²) >= 11 is 3.44. The zero-order valence-corrected chi connectivity index (χ0v) is 12.5. The van der Waals surface area contributed by atoms with Crippen molar-refractivity contribution < 1.29 is 4.74 Å². The standard InChI is InChI=1S/C13H16BrN3O2/c1-17-13(18)9(5-6-15)12(16-17)8-3-4-11(19-2)10(14)7-8/h3-4,7,16H,5-6,15H2,1-2H3. The van der Waals surface area contributed by atoms with Crippen LogP contribution in [0.2, 0.25) is 0 Å². The Bertz CT molecular complexity index is 646. The van der Waals surface area contributed by atoms with Gasteiger partial charge in [-0.15, -0.1) is 0 Å². The highest BCUT2D eigenvalue weighted by Gasteiger charge is 2.14. The average Bonchev–Trinajstić information content (AvgIpc) is 2.67. The van der Waals surface area contributed by atoms with Crippen LogP contribution in [0.3, 0.4) is 0 Å². The van der Waals surface area contributed by atoms with Crippen molar-refractivity contribution in [2.45, 2.75) is 6.42 Å². The summed E-state index contributed by atoms with van der Waals surface area (Å²) in [6.07, 6.45) is 0.551. The highest BCUT2D eigenvalue weighted by atomic mass is 79.9.